The second-order valence-electron chi connectivity index (χ2n) is 5.70. The molecule has 0 spiro atoms. The van der Waals surface area contributed by atoms with E-state index in [0.717, 1.165) is 24.2 Å². The smallest absolute Gasteiger partial charge is 0.303 e. The molecule has 0 radical (unpaired) electrons. The molecule has 0 bridgehead atoms. The van der Waals surface area contributed by atoms with E-state index in [9.17, 15) is 9.59 Å². The quantitative estimate of drug-likeness (QED) is 0.805. The van der Waals surface area contributed by atoms with Gasteiger partial charge in [-0.1, -0.05) is 25.1 Å². The molecule has 1 aromatic carbocycles. The first-order valence-corrected chi connectivity index (χ1v) is 7.13. The third-order valence-corrected chi connectivity index (χ3v) is 3.94. The largest absolute Gasteiger partial charge is 0.496 e. The maximum absolute atomic E-state index is 12.5. The Labute approximate surface area is 124 Å². The van der Waals surface area contributed by atoms with Gasteiger partial charge in [0.25, 0.3) is 0 Å². The first-order chi connectivity index (χ1) is 9.99. The number of hydrogen-bond donors (Lipinski definition) is 2. The molecule has 21 heavy (non-hydrogen) atoms. The molecule has 0 aromatic heterocycles. The molecule has 1 unspecified atom stereocenters. The molecule has 0 aliphatic heterocycles. The minimum absolute atomic E-state index is 0.0377. The van der Waals surface area contributed by atoms with Crippen molar-refractivity contribution in [1.29, 1.82) is 0 Å². The fraction of sp³-hybridized carbons (Fsp3) is 0.500. The van der Waals surface area contributed by atoms with Crippen LogP contribution in [-0.4, -0.2) is 30.6 Å². The number of hydrogen-bond acceptors (Lipinski definition) is 3. The van der Waals surface area contributed by atoms with Crippen molar-refractivity contribution in [3.8, 4) is 5.75 Å². The number of ether oxygens (including phenoxy) is 1. The highest BCUT2D eigenvalue weighted by molar-refractivity contribution is 5.92. The van der Waals surface area contributed by atoms with Crippen LogP contribution in [0.3, 0.4) is 0 Å². The molecule has 1 atom stereocenters. The van der Waals surface area contributed by atoms with E-state index in [4.69, 9.17) is 9.84 Å². The van der Waals surface area contributed by atoms with Gasteiger partial charge in [-0.05, 0) is 24.8 Å². The summed E-state index contributed by atoms with van der Waals surface area (Å²) in [7, 11) is 1.60. The van der Waals surface area contributed by atoms with Gasteiger partial charge in [0.15, 0.2) is 0 Å². The molecule has 2 rings (SSSR count). The van der Waals surface area contributed by atoms with Crippen LogP contribution in [0.2, 0.25) is 0 Å². The minimum atomic E-state index is -0.845. The zero-order valence-corrected chi connectivity index (χ0v) is 12.4. The summed E-state index contributed by atoms with van der Waals surface area (Å²) in [5.74, 6) is -0.240. The number of para-hydroxylation sites is 1. The molecular formula is C16H21NO4. The standard InChI is InChI=1S/C16H21NO4/c1-11(9-14(18)19)10-17-15(20)16(7-8-16)12-5-3-4-6-13(12)21-2/h3-6,11H,7-10H2,1-2H3,(H,17,20)(H,18,19). The van der Waals surface area contributed by atoms with Crippen LogP contribution < -0.4 is 10.1 Å². The van der Waals surface area contributed by atoms with Crippen LogP contribution in [0.15, 0.2) is 24.3 Å². The average molecular weight is 291 g/mol. The summed E-state index contributed by atoms with van der Waals surface area (Å²) in [6, 6.07) is 7.56. The summed E-state index contributed by atoms with van der Waals surface area (Å²) in [6.07, 6.45) is 1.65. The van der Waals surface area contributed by atoms with Crippen molar-refractivity contribution in [2.24, 2.45) is 5.92 Å². The van der Waals surface area contributed by atoms with E-state index in [1.165, 1.54) is 0 Å². The number of amides is 1. The van der Waals surface area contributed by atoms with Gasteiger partial charge in [0.05, 0.1) is 12.5 Å². The highest BCUT2D eigenvalue weighted by Crippen LogP contribution is 2.51. The fourth-order valence-electron chi connectivity index (χ4n) is 2.59. The predicted octanol–water partition coefficient (Wildman–Crippen LogP) is 1.95. The first kappa shape index (κ1) is 15.4. The van der Waals surface area contributed by atoms with Gasteiger partial charge in [-0.15, -0.1) is 0 Å². The van der Waals surface area contributed by atoms with Crippen LogP contribution in [-0.2, 0) is 15.0 Å². The molecule has 5 nitrogen and oxygen atoms in total. The Morgan fingerprint density at radius 3 is 2.62 bits per heavy atom. The van der Waals surface area contributed by atoms with Crippen LogP contribution >= 0.6 is 0 Å². The summed E-state index contributed by atoms with van der Waals surface area (Å²) in [5.41, 5.74) is 0.408. The van der Waals surface area contributed by atoms with Gasteiger partial charge in [-0.2, -0.15) is 0 Å². The number of methoxy groups -OCH3 is 1. The molecule has 1 amide bonds. The molecule has 1 aromatic rings. The minimum Gasteiger partial charge on any atom is -0.496 e. The Hall–Kier alpha value is -2.04. The number of carbonyl (C=O) groups excluding carboxylic acids is 1. The number of aliphatic carboxylic acids is 1. The monoisotopic (exact) mass is 291 g/mol. The van der Waals surface area contributed by atoms with E-state index in [0.29, 0.717) is 6.54 Å². The van der Waals surface area contributed by atoms with Crippen LogP contribution in [0.1, 0.15) is 31.7 Å². The topological polar surface area (TPSA) is 75.6 Å². The molecule has 2 N–H and O–H groups in total. The van der Waals surface area contributed by atoms with Crippen LogP contribution in [0.25, 0.3) is 0 Å². The highest BCUT2D eigenvalue weighted by Gasteiger charge is 2.52. The maximum Gasteiger partial charge on any atom is 0.303 e. The summed E-state index contributed by atoms with van der Waals surface area (Å²) < 4.78 is 5.34. The lowest BCUT2D eigenvalue weighted by Crippen LogP contribution is -2.37. The summed E-state index contributed by atoms with van der Waals surface area (Å²) in [5, 5.41) is 11.6. The van der Waals surface area contributed by atoms with E-state index >= 15 is 0 Å². The third-order valence-electron chi connectivity index (χ3n) is 3.94. The van der Waals surface area contributed by atoms with Crippen molar-refractivity contribution in [3.05, 3.63) is 29.8 Å². The van der Waals surface area contributed by atoms with E-state index in [-0.39, 0.29) is 18.2 Å². The number of rotatable bonds is 7. The SMILES string of the molecule is COc1ccccc1C1(C(=O)NCC(C)CC(=O)O)CC1. The lowest BCUT2D eigenvalue weighted by atomic mass is 9.93. The Kier molecular flexibility index (Phi) is 4.50. The molecule has 0 saturated heterocycles. The molecule has 1 aliphatic carbocycles. The highest BCUT2D eigenvalue weighted by atomic mass is 16.5. The normalized spacial score (nSPS) is 16.9. The first-order valence-electron chi connectivity index (χ1n) is 7.13. The number of carboxylic acids is 1. The van der Waals surface area contributed by atoms with E-state index < -0.39 is 11.4 Å². The fourth-order valence-corrected chi connectivity index (χ4v) is 2.59. The summed E-state index contributed by atoms with van der Waals surface area (Å²) in [6.45, 7) is 2.19. The second kappa shape index (κ2) is 6.16. The Balaban J connectivity index is 2.03. The van der Waals surface area contributed by atoms with Crippen molar-refractivity contribution in [3.63, 3.8) is 0 Å². The van der Waals surface area contributed by atoms with Gasteiger partial charge >= 0.3 is 5.97 Å². The molecule has 5 heteroatoms. The van der Waals surface area contributed by atoms with Gasteiger partial charge in [0.1, 0.15) is 5.75 Å². The van der Waals surface area contributed by atoms with E-state index in [1.807, 2.05) is 31.2 Å². The van der Waals surface area contributed by atoms with Crippen LogP contribution in [0, 0.1) is 5.92 Å². The van der Waals surface area contributed by atoms with Crippen molar-refractivity contribution >= 4 is 11.9 Å². The third kappa shape index (κ3) is 3.35. The maximum atomic E-state index is 12.5. The Bertz CT molecular complexity index is 537. The molecular weight excluding hydrogens is 270 g/mol. The molecule has 0 heterocycles. The molecule has 1 saturated carbocycles. The lowest BCUT2D eigenvalue weighted by molar-refractivity contribution is -0.138. The average Bonchev–Trinajstić information content (AvgIpc) is 3.25. The van der Waals surface area contributed by atoms with E-state index in [1.54, 1.807) is 7.11 Å². The molecule has 1 aliphatic rings. The van der Waals surface area contributed by atoms with Crippen molar-refractivity contribution < 1.29 is 19.4 Å². The summed E-state index contributed by atoms with van der Waals surface area (Å²) in [4.78, 5) is 23.1. The second-order valence-corrected chi connectivity index (χ2v) is 5.70. The van der Waals surface area contributed by atoms with Crippen molar-refractivity contribution in [2.75, 3.05) is 13.7 Å². The number of nitrogens with one attached hydrogen (secondary N) is 1. The predicted molar refractivity (Wildman–Crippen MR) is 78.3 cm³/mol. The Morgan fingerprint density at radius 2 is 2.05 bits per heavy atom. The zero-order valence-electron chi connectivity index (χ0n) is 12.4. The van der Waals surface area contributed by atoms with E-state index in [2.05, 4.69) is 5.32 Å². The summed E-state index contributed by atoms with van der Waals surface area (Å²) >= 11 is 0. The zero-order chi connectivity index (χ0) is 15.5. The van der Waals surface area contributed by atoms with Gasteiger partial charge in [-0.25, -0.2) is 0 Å². The molecule has 114 valence electrons. The van der Waals surface area contributed by atoms with Gasteiger partial charge < -0.3 is 15.2 Å². The lowest BCUT2D eigenvalue weighted by Gasteiger charge is -2.19. The van der Waals surface area contributed by atoms with Crippen LogP contribution in [0.5, 0.6) is 5.75 Å². The van der Waals surface area contributed by atoms with Crippen molar-refractivity contribution in [2.45, 2.75) is 31.6 Å². The Morgan fingerprint density at radius 1 is 1.38 bits per heavy atom. The van der Waals surface area contributed by atoms with Gasteiger partial charge in [0.2, 0.25) is 5.91 Å². The number of benzene rings is 1. The van der Waals surface area contributed by atoms with Crippen LogP contribution in [0.4, 0.5) is 0 Å². The van der Waals surface area contributed by atoms with Gasteiger partial charge in [0, 0.05) is 18.5 Å². The number of carbonyl (C=O) groups is 2. The van der Waals surface area contributed by atoms with Crippen molar-refractivity contribution in [1.82, 2.24) is 5.32 Å². The number of carboxylic acid groups (broad SMARTS) is 1. The molecule has 1 fully saturated rings. The van der Waals surface area contributed by atoms with Gasteiger partial charge in [-0.3, -0.25) is 9.59 Å².